The van der Waals surface area contributed by atoms with Crippen molar-refractivity contribution in [1.29, 1.82) is 0 Å². The predicted octanol–water partition coefficient (Wildman–Crippen LogP) is 1.24. The van der Waals surface area contributed by atoms with E-state index >= 15 is 0 Å². The molecule has 1 aromatic rings. The highest BCUT2D eigenvalue weighted by atomic mass is 16.7. The zero-order chi connectivity index (χ0) is 14.1. The molecule has 102 valence electrons. The van der Waals surface area contributed by atoms with E-state index in [4.69, 9.17) is 4.74 Å². The molecule has 2 N–H and O–H groups in total. The first-order valence-electron chi connectivity index (χ1n) is 5.74. The van der Waals surface area contributed by atoms with E-state index in [1.165, 1.54) is 6.26 Å². The van der Waals surface area contributed by atoms with Gasteiger partial charge in [0, 0.05) is 5.56 Å². The molecule has 0 saturated heterocycles. The average molecular weight is 264 g/mol. The quantitative estimate of drug-likeness (QED) is 0.459. The minimum absolute atomic E-state index is 0.398. The molecule has 0 saturated carbocycles. The van der Waals surface area contributed by atoms with Crippen LogP contribution >= 0.6 is 0 Å². The van der Waals surface area contributed by atoms with E-state index in [2.05, 4.69) is 15.9 Å². The zero-order valence-corrected chi connectivity index (χ0v) is 10.8. The molecular weight excluding hydrogens is 248 g/mol. The number of benzene rings is 1. The van der Waals surface area contributed by atoms with Gasteiger partial charge in [-0.25, -0.2) is 4.79 Å². The van der Waals surface area contributed by atoms with Crippen LogP contribution in [-0.4, -0.2) is 18.5 Å². The van der Waals surface area contributed by atoms with Gasteiger partial charge in [0.25, 0.3) is 5.91 Å². The molecule has 0 aromatic heterocycles. The Morgan fingerprint density at radius 3 is 2.84 bits per heavy atom. The number of amides is 1. The Morgan fingerprint density at radius 2 is 2.16 bits per heavy atom. The number of hydrogen-bond donors (Lipinski definition) is 2. The van der Waals surface area contributed by atoms with Gasteiger partial charge in [-0.2, -0.15) is 0 Å². The van der Waals surface area contributed by atoms with Crippen LogP contribution in [0.5, 0.6) is 0 Å². The van der Waals surface area contributed by atoms with E-state index in [1.54, 1.807) is 25.1 Å². The summed E-state index contributed by atoms with van der Waals surface area (Å²) in [6, 6.07) is 7.01. The maximum Gasteiger partial charge on any atom is 0.354 e. The second kappa shape index (κ2) is 7.88. The molecule has 0 atom stereocenters. The van der Waals surface area contributed by atoms with Gasteiger partial charge in [-0.1, -0.05) is 23.3 Å². The maximum atomic E-state index is 11.6. The number of rotatable bonds is 6. The molecule has 0 aliphatic heterocycles. The van der Waals surface area contributed by atoms with Crippen LogP contribution < -0.4 is 11.0 Å². The van der Waals surface area contributed by atoms with Crippen molar-refractivity contribution in [2.24, 2.45) is 0 Å². The Hall–Kier alpha value is -2.34. The first-order valence-corrected chi connectivity index (χ1v) is 5.74. The second-order valence-corrected chi connectivity index (χ2v) is 3.60. The lowest BCUT2D eigenvalue weighted by atomic mass is 10.1. The van der Waals surface area contributed by atoms with Gasteiger partial charge in [-0.15, -0.1) is 0 Å². The molecule has 0 heterocycles. The van der Waals surface area contributed by atoms with Gasteiger partial charge >= 0.3 is 5.97 Å². The topological polar surface area (TPSA) is 76.7 Å². The third-order valence-corrected chi connectivity index (χ3v) is 2.06. The molecule has 1 rings (SSSR count). The van der Waals surface area contributed by atoms with Gasteiger partial charge in [-0.3, -0.25) is 10.2 Å². The molecular formula is C13H16N2O4. The van der Waals surface area contributed by atoms with Crippen molar-refractivity contribution in [2.75, 3.05) is 6.61 Å². The molecule has 0 unspecified atom stereocenters. The van der Waals surface area contributed by atoms with Gasteiger partial charge in [0.1, 0.15) is 0 Å². The Bertz CT molecular complexity index is 471. The first kappa shape index (κ1) is 14.7. The standard InChI is InChI=1S/C13H16N2O4/c1-3-18-8-7-12(16)19-15-14-13(17)11-6-4-5-10(2)9-11/h4-9,15H,3H2,1-2H3,(H,14,17). The third-order valence-electron chi connectivity index (χ3n) is 2.06. The summed E-state index contributed by atoms with van der Waals surface area (Å²) in [4.78, 5) is 27.2. The highest BCUT2D eigenvalue weighted by Gasteiger charge is 2.05. The molecule has 1 amide bonds. The molecule has 0 fully saturated rings. The fourth-order valence-electron chi connectivity index (χ4n) is 1.21. The molecule has 0 aliphatic rings. The fraction of sp³-hybridized carbons (Fsp3) is 0.231. The second-order valence-electron chi connectivity index (χ2n) is 3.60. The van der Waals surface area contributed by atoms with Crippen molar-refractivity contribution in [2.45, 2.75) is 13.8 Å². The summed E-state index contributed by atoms with van der Waals surface area (Å²) in [6.45, 7) is 4.13. The van der Waals surface area contributed by atoms with Crippen LogP contribution in [0.1, 0.15) is 22.8 Å². The molecule has 19 heavy (non-hydrogen) atoms. The van der Waals surface area contributed by atoms with Gasteiger partial charge in [0.05, 0.1) is 18.9 Å². The maximum absolute atomic E-state index is 11.6. The van der Waals surface area contributed by atoms with Crippen molar-refractivity contribution in [3.8, 4) is 0 Å². The average Bonchev–Trinajstić information content (AvgIpc) is 2.39. The van der Waals surface area contributed by atoms with E-state index in [-0.39, 0.29) is 0 Å². The molecule has 6 nitrogen and oxygen atoms in total. The van der Waals surface area contributed by atoms with Crippen molar-refractivity contribution >= 4 is 11.9 Å². The Kier molecular flexibility index (Phi) is 6.11. The number of hydrazine groups is 1. The molecule has 6 heteroatoms. The van der Waals surface area contributed by atoms with Crippen LogP contribution in [0.2, 0.25) is 0 Å². The van der Waals surface area contributed by atoms with Crippen LogP contribution in [0.15, 0.2) is 36.6 Å². The summed E-state index contributed by atoms with van der Waals surface area (Å²) in [6.07, 6.45) is 2.31. The summed E-state index contributed by atoms with van der Waals surface area (Å²) in [7, 11) is 0. The van der Waals surface area contributed by atoms with Crippen LogP contribution in [0.4, 0.5) is 0 Å². The van der Waals surface area contributed by atoms with E-state index in [9.17, 15) is 9.59 Å². The molecule has 0 aliphatic carbocycles. The number of carbonyl (C=O) groups excluding carboxylic acids is 2. The minimum Gasteiger partial charge on any atom is -0.501 e. The molecule has 0 bridgehead atoms. The van der Waals surface area contributed by atoms with E-state index < -0.39 is 11.9 Å². The SMILES string of the molecule is CCOC=CC(=O)ONNC(=O)c1cccc(C)c1. The highest BCUT2D eigenvalue weighted by molar-refractivity contribution is 5.94. The summed E-state index contributed by atoms with van der Waals surface area (Å²) in [5, 5.41) is 0. The molecule has 1 aromatic carbocycles. The van der Waals surface area contributed by atoms with E-state index in [1.807, 2.05) is 13.0 Å². The van der Waals surface area contributed by atoms with Crippen molar-refractivity contribution in [1.82, 2.24) is 11.0 Å². The Morgan fingerprint density at radius 1 is 1.37 bits per heavy atom. The fourth-order valence-corrected chi connectivity index (χ4v) is 1.21. The van der Waals surface area contributed by atoms with Gasteiger partial charge in [0.2, 0.25) is 0 Å². The first-order chi connectivity index (χ1) is 9.13. The van der Waals surface area contributed by atoms with Crippen molar-refractivity contribution in [3.05, 3.63) is 47.7 Å². The lowest BCUT2D eigenvalue weighted by molar-refractivity contribution is -0.146. The number of carbonyl (C=O) groups is 2. The van der Waals surface area contributed by atoms with Crippen LogP contribution in [0, 0.1) is 6.92 Å². The largest absolute Gasteiger partial charge is 0.501 e. The number of nitrogens with one attached hydrogen (secondary N) is 2. The van der Waals surface area contributed by atoms with Gasteiger partial charge in [-0.05, 0) is 26.0 Å². The van der Waals surface area contributed by atoms with Crippen LogP contribution in [-0.2, 0) is 14.4 Å². The lowest BCUT2D eigenvalue weighted by Gasteiger charge is -2.06. The Balaban J connectivity index is 2.33. The molecule has 0 spiro atoms. The van der Waals surface area contributed by atoms with Crippen LogP contribution in [0.25, 0.3) is 0 Å². The Labute approximate surface area is 111 Å². The monoisotopic (exact) mass is 264 g/mol. The van der Waals surface area contributed by atoms with E-state index in [0.717, 1.165) is 11.6 Å². The summed E-state index contributed by atoms with van der Waals surface area (Å²) < 4.78 is 4.82. The predicted molar refractivity (Wildman–Crippen MR) is 68.6 cm³/mol. The molecule has 0 radical (unpaired) electrons. The minimum atomic E-state index is -0.682. The smallest absolute Gasteiger partial charge is 0.354 e. The van der Waals surface area contributed by atoms with Gasteiger partial charge in [0.15, 0.2) is 0 Å². The van der Waals surface area contributed by atoms with Crippen molar-refractivity contribution in [3.63, 3.8) is 0 Å². The number of aryl methyl sites for hydroxylation is 1. The third kappa shape index (κ3) is 5.69. The summed E-state index contributed by atoms with van der Waals surface area (Å²) in [5.41, 5.74) is 5.74. The van der Waals surface area contributed by atoms with Crippen LogP contribution in [0.3, 0.4) is 0 Å². The van der Waals surface area contributed by atoms with E-state index in [0.29, 0.717) is 12.2 Å². The number of hydrogen-bond acceptors (Lipinski definition) is 5. The van der Waals surface area contributed by atoms with Crippen molar-refractivity contribution < 1.29 is 19.2 Å². The lowest BCUT2D eigenvalue weighted by Crippen LogP contribution is -2.38. The zero-order valence-electron chi connectivity index (χ0n) is 10.8. The number of ether oxygens (including phenoxy) is 1. The van der Waals surface area contributed by atoms with Gasteiger partial charge < -0.3 is 9.57 Å². The summed E-state index contributed by atoms with van der Waals surface area (Å²) >= 11 is 0. The normalized spacial score (nSPS) is 10.2. The summed E-state index contributed by atoms with van der Waals surface area (Å²) in [5.74, 6) is -1.08. The highest BCUT2D eigenvalue weighted by Crippen LogP contribution is 2.02.